The highest BCUT2D eigenvalue weighted by atomic mass is 16.3. The summed E-state index contributed by atoms with van der Waals surface area (Å²) < 4.78 is 0. The number of hydrogen-bond donors (Lipinski definition) is 3. The summed E-state index contributed by atoms with van der Waals surface area (Å²) in [7, 11) is 0. The quantitative estimate of drug-likeness (QED) is 0.491. The number of nitrogens with one attached hydrogen (secondary N) is 1. The van der Waals surface area contributed by atoms with E-state index in [9.17, 15) is 4.79 Å². The maximum Gasteiger partial charge on any atom is 0.161 e. The Labute approximate surface area is 82.7 Å². The zero-order valence-electron chi connectivity index (χ0n) is 8.08. The molecule has 0 aliphatic rings. The van der Waals surface area contributed by atoms with Crippen LogP contribution in [0.3, 0.4) is 0 Å². The van der Waals surface area contributed by atoms with E-state index in [0.29, 0.717) is 17.8 Å². The Morgan fingerprint density at radius 2 is 2.29 bits per heavy atom. The third-order valence-electron chi connectivity index (χ3n) is 1.87. The van der Waals surface area contributed by atoms with Crippen molar-refractivity contribution in [2.45, 2.75) is 6.92 Å². The molecule has 0 aliphatic carbocycles. The molecule has 4 N–H and O–H groups in total. The van der Waals surface area contributed by atoms with Crippen molar-refractivity contribution in [3.05, 3.63) is 23.8 Å². The maximum atomic E-state index is 11.1. The Bertz CT molecular complexity index is 337. The Hall–Kier alpha value is -1.55. The number of benzene rings is 1. The first-order valence-electron chi connectivity index (χ1n) is 4.40. The van der Waals surface area contributed by atoms with Crippen molar-refractivity contribution in [3.63, 3.8) is 0 Å². The van der Waals surface area contributed by atoms with Gasteiger partial charge in [0.2, 0.25) is 0 Å². The Morgan fingerprint density at radius 3 is 2.86 bits per heavy atom. The fourth-order valence-electron chi connectivity index (χ4n) is 1.17. The zero-order valence-corrected chi connectivity index (χ0v) is 8.08. The molecule has 1 rings (SSSR count). The number of aliphatic hydroxyl groups is 1. The van der Waals surface area contributed by atoms with Crippen molar-refractivity contribution in [1.29, 1.82) is 0 Å². The van der Waals surface area contributed by atoms with Crippen LogP contribution in [0.15, 0.2) is 18.2 Å². The molecule has 0 atom stereocenters. The summed E-state index contributed by atoms with van der Waals surface area (Å²) in [6.45, 7) is 1.99. The predicted octanol–water partition coefficient (Wildman–Crippen LogP) is 0.876. The van der Waals surface area contributed by atoms with Gasteiger partial charge >= 0.3 is 0 Å². The number of anilines is 2. The van der Waals surface area contributed by atoms with E-state index in [1.54, 1.807) is 18.2 Å². The van der Waals surface area contributed by atoms with Crippen LogP contribution in [0.5, 0.6) is 0 Å². The van der Waals surface area contributed by atoms with Crippen LogP contribution in [0, 0.1) is 0 Å². The molecule has 4 nitrogen and oxygen atoms in total. The molecule has 0 bridgehead atoms. The van der Waals surface area contributed by atoms with Crippen LogP contribution in [0.4, 0.5) is 11.4 Å². The lowest BCUT2D eigenvalue weighted by atomic mass is 10.1. The van der Waals surface area contributed by atoms with Gasteiger partial charge in [0.1, 0.15) is 0 Å². The monoisotopic (exact) mass is 194 g/mol. The first kappa shape index (κ1) is 10.5. The van der Waals surface area contributed by atoms with Crippen LogP contribution >= 0.6 is 0 Å². The molecule has 1 aromatic rings. The molecule has 0 unspecified atom stereocenters. The summed E-state index contributed by atoms with van der Waals surface area (Å²) in [4.78, 5) is 11.1. The molecule has 0 aromatic heterocycles. The number of carbonyl (C=O) groups is 1. The lowest BCUT2D eigenvalue weighted by Crippen LogP contribution is -2.07. The highest BCUT2D eigenvalue weighted by Gasteiger charge is 2.04. The molecular formula is C10H14N2O2. The van der Waals surface area contributed by atoms with Gasteiger partial charge in [0, 0.05) is 23.5 Å². The average Bonchev–Trinajstić information content (AvgIpc) is 2.16. The van der Waals surface area contributed by atoms with E-state index >= 15 is 0 Å². The molecule has 14 heavy (non-hydrogen) atoms. The number of hydrogen-bond acceptors (Lipinski definition) is 4. The molecule has 0 saturated heterocycles. The van der Waals surface area contributed by atoms with Crippen LogP contribution in [0.1, 0.15) is 17.3 Å². The van der Waals surface area contributed by atoms with Gasteiger partial charge in [-0.15, -0.1) is 0 Å². The topological polar surface area (TPSA) is 75.3 Å². The summed E-state index contributed by atoms with van der Waals surface area (Å²) in [6, 6.07) is 5.14. The lowest BCUT2D eigenvalue weighted by Gasteiger charge is -2.07. The molecule has 0 aliphatic heterocycles. The number of rotatable bonds is 4. The van der Waals surface area contributed by atoms with Crippen LogP contribution in [-0.4, -0.2) is 24.0 Å². The number of ketones is 1. The number of nitrogen functional groups attached to an aromatic ring is 1. The van der Waals surface area contributed by atoms with E-state index in [2.05, 4.69) is 5.32 Å². The van der Waals surface area contributed by atoms with Crippen molar-refractivity contribution in [3.8, 4) is 0 Å². The van der Waals surface area contributed by atoms with Gasteiger partial charge in [0.05, 0.1) is 6.61 Å². The Morgan fingerprint density at radius 1 is 1.57 bits per heavy atom. The molecule has 0 spiro atoms. The summed E-state index contributed by atoms with van der Waals surface area (Å²) in [5, 5.41) is 11.6. The number of nitrogens with two attached hydrogens (primary N) is 1. The average molecular weight is 194 g/mol. The predicted molar refractivity (Wildman–Crippen MR) is 56.4 cm³/mol. The molecule has 76 valence electrons. The first-order chi connectivity index (χ1) is 6.65. The van der Waals surface area contributed by atoms with Gasteiger partial charge in [-0.3, -0.25) is 4.79 Å². The van der Waals surface area contributed by atoms with Crippen LogP contribution < -0.4 is 11.1 Å². The zero-order chi connectivity index (χ0) is 10.6. The second-order valence-corrected chi connectivity index (χ2v) is 3.01. The summed E-state index contributed by atoms with van der Waals surface area (Å²) >= 11 is 0. The molecule has 4 heteroatoms. The van der Waals surface area contributed by atoms with E-state index in [-0.39, 0.29) is 12.4 Å². The van der Waals surface area contributed by atoms with Crippen molar-refractivity contribution in [2.24, 2.45) is 0 Å². The molecule has 0 fully saturated rings. The normalized spacial score (nSPS) is 9.86. The first-order valence-corrected chi connectivity index (χ1v) is 4.40. The largest absolute Gasteiger partial charge is 0.398 e. The highest BCUT2D eigenvalue weighted by Crippen LogP contribution is 2.17. The molecule has 0 amide bonds. The molecule has 0 heterocycles. The SMILES string of the molecule is CC(=O)c1cc(NCCO)ccc1N. The van der Waals surface area contributed by atoms with E-state index in [1.165, 1.54) is 6.92 Å². The highest BCUT2D eigenvalue weighted by molar-refractivity contribution is 5.99. The van der Waals surface area contributed by atoms with Crippen molar-refractivity contribution in [2.75, 3.05) is 24.2 Å². The second kappa shape index (κ2) is 4.62. The third-order valence-corrected chi connectivity index (χ3v) is 1.87. The standard InChI is InChI=1S/C10H14N2O2/c1-7(14)9-6-8(12-4-5-13)2-3-10(9)11/h2-3,6,12-13H,4-5,11H2,1H3. The van der Waals surface area contributed by atoms with E-state index in [4.69, 9.17) is 10.8 Å². The maximum absolute atomic E-state index is 11.1. The van der Waals surface area contributed by atoms with Crippen LogP contribution in [0.25, 0.3) is 0 Å². The molecule has 1 aromatic carbocycles. The minimum atomic E-state index is -0.0600. The van der Waals surface area contributed by atoms with Gasteiger partial charge in [-0.1, -0.05) is 0 Å². The minimum Gasteiger partial charge on any atom is -0.398 e. The lowest BCUT2D eigenvalue weighted by molar-refractivity contribution is 0.101. The van der Waals surface area contributed by atoms with E-state index in [1.807, 2.05) is 0 Å². The smallest absolute Gasteiger partial charge is 0.161 e. The second-order valence-electron chi connectivity index (χ2n) is 3.01. The van der Waals surface area contributed by atoms with Gasteiger partial charge in [-0.2, -0.15) is 0 Å². The Kier molecular flexibility index (Phi) is 3.48. The fraction of sp³-hybridized carbons (Fsp3) is 0.300. The number of Topliss-reactive ketones (excluding diaryl/α,β-unsaturated/α-hetero) is 1. The van der Waals surface area contributed by atoms with E-state index < -0.39 is 0 Å². The Balaban J connectivity index is 2.89. The number of aliphatic hydroxyl groups excluding tert-OH is 1. The number of carbonyl (C=O) groups excluding carboxylic acids is 1. The van der Waals surface area contributed by atoms with Gasteiger partial charge in [0.15, 0.2) is 5.78 Å². The van der Waals surface area contributed by atoms with Crippen LogP contribution in [0.2, 0.25) is 0 Å². The van der Waals surface area contributed by atoms with Gasteiger partial charge < -0.3 is 16.2 Å². The van der Waals surface area contributed by atoms with Crippen molar-refractivity contribution in [1.82, 2.24) is 0 Å². The van der Waals surface area contributed by atoms with Crippen molar-refractivity contribution < 1.29 is 9.90 Å². The van der Waals surface area contributed by atoms with E-state index in [0.717, 1.165) is 5.69 Å². The van der Waals surface area contributed by atoms with Gasteiger partial charge in [0.25, 0.3) is 0 Å². The third kappa shape index (κ3) is 2.47. The minimum absolute atomic E-state index is 0.0553. The summed E-state index contributed by atoms with van der Waals surface area (Å²) in [5.41, 5.74) is 7.40. The summed E-state index contributed by atoms with van der Waals surface area (Å²) in [5.74, 6) is -0.0600. The fourth-order valence-corrected chi connectivity index (χ4v) is 1.17. The van der Waals surface area contributed by atoms with Gasteiger partial charge in [-0.05, 0) is 25.1 Å². The van der Waals surface area contributed by atoms with Gasteiger partial charge in [-0.25, -0.2) is 0 Å². The summed E-state index contributed by atoms with van der Waals surface area (Å²) in [6.07, 6.45) is 0. The van der Waals surface area contributed by atoms with Crippen LogP contribution in [-0.2, 0) is 0 Å². The van der Waals surface area contributed by atoms with Crippen molar-refractivity contribution >= 4 is 17.2 Å². The molecule has 0 radical (unpaired) electrons. The molecule has 0 saturated carbocycles. The molecular weight excluding hydrogens is 180 g/mol.